The van der Waals surface area contributed by atoms with Crippen molar-refractivity contribution >= 4 is 8.60 Å². The zero-order chi connectivity index (χ0) is 8.97. The van der Waals surface area contributed by atoms with Gasteiger partial charge in [-0.15, -0.1) is 0 Å². The molecular weight excluding hydrogens is 179 g/mol. The van der Waals surface area contributed by atoms with Crippen LogP contribution >= 0.6 is 8.60 Å². The van der Waals surface area contributed by atoms with Crippen LogP contribution in [-0.4, -0.2) is 16.9 Å². The quantitative estimate of drug-likeness (QED) is 0.701. The lowest BCUT2D eigenvalue weighted by Gasteiger charge is -2.08. The topological polar surface area (TPSA) is 58.9 Å². The lowest BCUT2D eigenvalue weighted by Crippen LogP contribution is -1.89. The first-order valence-corrected chi connectivity index (χ1v) is 4.39. The van der Waals surface area contributed by atoms with Gasteiger partial charge in [0.1, 0.15) is 0 Å². The largest absolute Gasteiger partial charge is 0.493 e. The third kappa shape index (κ3) is 2.34. The lowest BCUT2D eigenvalue weighted by molar-refractivity contribution is 0.351. The second-order valence-corrected chi connectivity index (χ2v) is 2.68. The minimum Gasteiger partial charge on any atom is -0.493 e. The van der Waals surface area contributed by atoms with Crippen LogP contribution in [0.4, 0.5) is 0 Å². The lowest BCUT2D eigenvalue weighted by atomic mass is 10.3. The highest BCUT2D eigenvalue weighted by molar-refractivity contribution is 7.39. The number of benzene rings is 1. The molecule has 0 fully saturated rings. The van der Waals surface area contributed by atoms with E-state index in [4.69, 9.17) is 14.5 Å². The Hall–Kier alpha value is -0.830. The summed E-state index contributed by atoms with van der Waals surface area (Å²) in [6.45, 7) is 0. The molecule has 12 heavy (non-hydrogen) atoms. The van der Waals surface area contributed by atoms with Crippen LogP contribution in [0.5, 0.6) is 11.5 Å². The molecule has 0 saturated carbocycles. The first-order valence-electron chi connectivity index (χ1n) is 3.23. The summed E-state index contributed by atoms with van der Waals surface area (Å²) in [6, 6.07) is 6.76. The van der Waals surface area contributed by atoms with Crippen molar-refractivity contribution in [2.75, 3.05) is 7.11 Å². The van der Waals surface area contributed by atoms with Crippen molar-refractivity contribution in [3.05, 3.63) is 24.3 Å². The van der Waals surface area contributed by atoms with Gasteiger partial charge in [-0.2, -0.15) is 0 Å². The highest BCUT2D eigenvalue weighted by Gasteiger charge is 2.07. The molecule has 1 rings (SSSR count). The Morgan fingerprint density at radius 2 is 1.75 bits per heavy atom. The van der Waals surface area contributed by atoms with Crippen LogP contribution < -0.4 is 9.26 Å². The Kier molecular flexibility index (Phi) is 3.29. The van der Waals surface area contributed by atoms with Crippen LogP contribution in [0.2, 0.25) is 0 Å². The summed E-state index contributed by atoms with van der Waals surface area (Å²) in [5.74, 6) is 0.809. The molecule has 0 aromatic heterocycles. The maximum Gasteiger partial charge on any atom is 0.391 e. The van der Waals surface area contributed by atoms with Crippen molar-refractivity contribution in [2.24, 2.45) is 0 Å². The number of hydrogen-bond acceptors (Lipinski definition) is 4. The summed E-state index contributed by atoms with van der Waals surface area (Å²) in [6.07, 6.45) is 0. The predicted molar refractivity (Wildman–Crippen MR) is 45.0 cm³/mol. The van der Waals surface area contributed by atoms with Gasteiger partial charge in [-0.25, -0.2) is 0 Å². The number of methoxy groups -OCH3 is 1. The number of para-hydroxylation sites is 2. The molecule has 2 N–H and O–H groups in total. The van der Waals surface area contributed by atoms with E-state index in [1.54, 1.807) is 24.3 Å². The van der Waals surface area contributed by atoms with Crippen molar-refractivity contribution in [3.63, 3.8) is 0 Å². The molecule has 0 aliphatic heterocycles. The van der Waals surface area contributed by atoms with E-state index in [1.807, 2.05) is 0 Å². The van der Waals surface area contributed by atoms with Gasteiger partial charge in [-0.05, 0) is 12.1 Å². The van der Waals surface area contributed by atoms with Crippen molar-refractivity contribution in [1.82, 2.24) is 0 Å². The summed E-state index contributed by atoms with van der Waals surface area (Å²) >= 11 is 0. The van der Waals surface area contributed by atoms with Crippen LogP contribution in [0.25, 0.3) is 0 Å². The summed E-state index contributed by atoms with van der Waals surface area (Å²) in [5.41, 5.74) is 0. The first kappa shape index (κ1) is 9.26. The van der Waals surface area contributed by atoms with E-state index in [2.05, 4.69) is 4.52 Å². The summed E-state index contributed by atoms with van der Waals surface area (Å²) in [5, 5.41) is 0. The Balaban J connectivity index is 2.82. The van der Waals surface area contributed by atoms with Gasteiger partial charge in [0, 0.05) is 0 Å². The molecule has 1 aromatic rings. The van der Waals surface area contributed by atoms with Gasteiger partial charge in [-0.1, -0.05) is 12.1 Å². The molecule has 5 heteroatoms. The normalized spacial score (nSPS) is 10.0. The van der Waals surface area contributed by atoms with Crippen molar-refractivity contribution < 1.29 is 19.0 Å². The summed E-state index contributed by atoms with van der Waals surface area (Å²) in [4.78, 5) is 17.1. The van der Waals surface area contributed by atoms with Gasteiger partial charge >= 0.3 is 8.60 Å². The summed E-state index contributed by atoms with van der Waals surface area (Å²) < 4.78 is 9.60. The molecule has 0 saturated heterocycles. The Labute approximate surface area is 71.4 Å². The Morgan fingerprint density at radius 1 is 1.17 bits per heavy atom. The van der Waals surface area contributed by atoms with Crippen molar-refractivity contribution in [1.29, 1.82) is 0 Å². The highest BCUT2D eigenvalue weighted by atomic mass is 31.2. The molecule has 0 aliphatic rings. The molecule has 0 aliphatic carbocycles. The number of rotatable bonds is 3. The minimum absolute atomic E-state index is 0.330. The summed E-state index contributed by atoms with van der Waals surface area (Å²) in [7, 11) is -0.893. The standard InChI is InChI=1S/C7H9O4P/c1-10-6-4-2-3-5-7(6)11-12(8)9/h2-5,8-9H,1H3. The smallest absolute Gasteiger partial charge is 0.391 e. The van der Waals surface area contributed by atoms with E-state index in [0.717, 1.165) is 0 Å². The third-order valence-corrected chi connectivity index (χ3v) is 1.61. The molecule has 0 heterocycles. The van der Waals surface area contributed by atoms with E-state index < -0.39 is 8.60 Å². The van der Waals surface area contributed by atoms with Gasteiger partial charge in [0.05, 0.1) is 7.11 Å². The predicted octanol–water partition coefficient (Wildman–Crippen LogP) is 1.29. The SMILES string of the molecule is COc1ccccc1OP(O)O. The molecule has 0 spiro atoms. The van der Waals surface area contributed by atoms with Gasteiger partial charge < -0.3 is 19.0 Å². The first-order chi connectivity index (χ1) is 5.74. The minimum atomic E-state index is -2.38. The maximum absolute atomic E-state index is 8.57. The molecule has 66 valence electrons. The fourth-order valence-corrected chi connectivity index (χ4v) is 1.11. The molecular formula is C7H9O4P. The molecule has 0 unspecified atom stereocenters. The number of ether oxygens (including phenoxy) is 1. The maximum atomic E-state index is 8.57. The van der Waals surface area contributed by atoms with Crippen LogP contribution in [0.15, 0.2) is 24.3 Å². The molecule has 0 amide bonds. The van der Waals surface area contributed by atoms with Gasteiger partial charge in [0.25, 0.3) is 0 Å². The second kappa shape index (κ2) is 4.26. The van der Waals surface area contributed by atoms with E-state index in [0.29, 0.717) is 11.5 Å². The van der Waals surface area contributed by atoms with E-state index in [1.165, 1.54) is 7.11 Å². The van der Waals surface area contributed by atoms with Crippen LogP contribution in [-0.2, 0) is 0 Å². The average Bonchev–Trinajstić information content (AvgIpc) is 2.04. The average molecular weight is 188 g/mol. The Morgan fingerprint density at radius 3 is 2.25 bits per heavy atom. The zero-order valence-electron chi connectivity index (χ0n) is 6.47. The highest BCUT2D eigenvalue weighted by Crippen LogP contribution is 2.35. The number of hydrogen-bond donors (Lipinski definition) is 2. The van der Waals surface area contributed by atoms with Crippen molar-refractivity contribution in [2.45, 2.75) is 0 Å². The zero-order valence-corrected chi connectivity index (χ0v) is 7.36. The van der Waals surface area contributed by atoms with Crippen LogP contribution in [0.3, 0.4) is 0 Å². The Bertz CT molecular complexity index is 251. The van der Waals surface area contributed by atoms with E-state index in [-0.39, 0.29) is 0 Å². The van der Waals surface area contributed by atoms with Gasteiger partial charge in [-0.3, -0.25) is 0 Å². The fraction of sp³-hybridized carbons (Fsp3) is 0.143. The second-order valence-electron chi connectivity index (χ2n) is 1.99. The van der Waals surface area contributed by atoms with Gasteiger partial charge in [0.2, 0.25) is 0 Å². The molecule has 4 nitrogen and oxygen atoms in total. The van der Waals surface area contributed by atoms with Crippen LogP contribution in [0.1, 0.15) is 0 Å². The molecule has 0 bridgehead atoms. The van der Waals surface area contributed by atoms with Crippen molar-refractivity contribution in [3.8, 4) is 11.5 Å². The third-order valence-electron chi connectivity index (χ3n) is 1.25. The monoisotopic (exact) mass is 188 g/mol. The molecule has 1 aromatic carbocycles. The molecule has 0 atom stereocenters. The molecule has 0 radical (unpaired) electrons. The fourth-order valence-electron chi connectivity index (χ4n) is 0.782. The van der Waals surface area contributed by atoms with Gasteiger partial charge in [0.15, 0.2) is 11.5 Å². The van der Waals surface area contributed by atoms with E-state index in [9.17, 15) is 0 Å². The van der Waals surface area contributed by atoms with E-state index >= 15 is 0 Å². The van der Waals surface area contributed by atoms with Crippen LogP contribution in [0, 0.1) is 0 Å².